The van der Waals surface area contributed by atoms with Crippen molar-refractivity contribution in [2.45, 2.75) is 26.7 Å². The van der Waals surface area contributed by atoms with Crippen molar-refractivity contribution in [3.05, 3.63) is 65.0 Å². The van der Waals surface area contributed by atoms with Gasteiger partial charge in [0.1, 0.15) is 12.2 Å². The number of rotatable bonds is 6. The molecule has 2 aromatic rings. The Labute approximate surface area is 141 Å². The Hall–Kier alpha value is -2.69. The van der Waals surface area contributed by atoms with Crippen LogP contribution in [0.15, 0.2) is 42.5 Å². The number of hydrogen-bond donors (Lipinski definition) is 2. The maximum absolute atomic E-state index is 13.5. The smallest absolute Gasteiger partial charge is 0.233 e. The molecule has 24 heavy (non-hydrogen) atoms. The summed E-state index contributed by atoms with van der Waals surface area (Å²) in [6.45, 7) is 4.16. The van der Waals surface area contributed by atoms with Gasteiger partial charge in [0.25, 0.3) is 0 Å². The van der Waals surface area contributed by atoms with E-state index in [0.717, 1.165) is 11.1 Å². The first-order valence-electron chi connectivity index (χ1n) is 7.83. The summed E-state index contributed by atoms with van der Waals surface area (Å²) < 4.78 is 13.5. The molecule has 0 atom stereocenters. The Morgan fingerprint density at radius 2 is 1.75 bits per heavy atom. The minimum absolute atomic E-state index is 0.259. The van der Waals surface area contributed by atoms with Crippen LogP contribution in [0.5, 0.6) is 0 Å². The molecule has 0 saturated heterocycles. The predicted molar refractivity (Wildman–Crippen MR) is 92.3 cm³/mol. The summed E-state index contributed by atoms with van der Waals surface area (Å²) in [4.78, 5) is 23.7. The zero-order chi connectivity index (χ0) is 17.5. The van der Waals surface area contributed by atoms with E-state index in [0.29, 0.717) is 17.7 Å². The van der Waals surface area contributed by atoms with Crippen LogP contribution in [0, 0.1) is 19.7 Å². The molecule has 2 N–H and O–H groups in total. The molecule has 0 bridgehead atoms. The molecule has 0 aliphatic rings. The summed E-state index contributed by atoms with van der Waals surface area (Å²) in [5.41, 5.74) is 3.30. The summed E-state index contributed by atoms with van der Waals surface area (Å²) in [5, 5.41) is 5.37. The average Bonchev–Trinajstić information content (AvgIpc) is 2.53. The third kappa shape index (κ3) is 4.91. The SMILES string of the molecule is Cc1cccc(NC(=O)CC(=O)NCCc2ccccc2F)c1C. The van der Waals surface area contributed by atoms with Crippen LogP contribution in [-0.2, 0) is 16.0 Å². The summed E-state index contributed by atoms with van der Waals surface area (Å²) in [7, 11) is 0. The molecule has 0 spiro atoms. The van der Waals surface area contributed by atoms with Gasteiger partial charge in [-0.2, -0.15) is 0 Å². The van der Waals surface area contributed by atoms with E-state index in [1.54, 1.807) is 24.3 Å². The van der Waals surface area contributed by atoms with Crippen molar-refractivity contribution >= 4 is 17.5 Å². The first kappa shape index (κ1) is 17.7. The van der Waals surface area contributed by atoms with Gasteiger partial charge in [0, 0.05) is 12.2 Å². The summed E-state index contributed by atoms with van der Waals surface area (Å²) in [6, 6.07) is 12.0. The lowest BCUT2D eigenvalue weighted by Gasteiger charge is -2.10. The zero-order valence-corrected chi connectivity index (χ0v) is 13.9. The molecule has 2 amide bonds. The number of aryl methyl sites for hydroxylation is 1. The lowest BCUT2D eigenvalue weighted by molar-refractivity contribution is -0.126. The minimum atomic E-state index is -0.380. The van der Waals surface area contributed by atoms with Crippen LogP contribution in [-0.4, -0.2) is 18.4 Å². The predicted octanol–water partition coefficient (Wildman–Crippen LogP) is 3.13. The molecule has 0 aliphatic carbocycles. The molecule has 0 saturated carbocycles. The van der Waals surface area contributed by atoms with Gasteiger partial charge in [-0.25, -0.2) is 4.39 Å². The third-order valence-corrected chi connectivity index (χ3v) is 3.87. The van der Waals surface area contributed by atoms with Gasteiger partial charge in [0.15, 0.2) is 0 Å². The molecule has 5 heteroatoms. The molecular formula is C19H21FN2O2. The first-order valence-corrected chi connectivity index (χ1v) is 7.83. The van der Waals surface area contributed by atoms with Crippen LogP contribution in [0.1, 0.15) is 23.1 Å². The highest BCUT2D eigenvalue weighted by molar-refractivity contribution is 6.03. The lowest BCUT2D eigenvalue weighted by atomic mass is 10.1. The molecule has 0 aromatic heterocycles. The molecule has 2 aromatic carbocycles. The Morgan fingerprint density at radius 1 is 1.00 bits per heavy atom. The minimum Gasteiger partial charge on any atom is -0.355 e. The van der Waals surface area contributed by atoms with Crippen molar-refractivity contribution < 1.29 is 14.0 Å². The largest absolute Gasteiger partial charge is 0.355 e. The van der Waals surface area contributed by atoms with E-state index >= 15 is 0 Å². The molecular weight excluding hydrogens is 307 g/mol. The van der Waals surface area contributed by atoms with E-state index in [1.165, 1.54) is 6.07 Å². The molecule has 0 radical (unpaired) electrons. The Kier molecular flexibility index (Phi) is 6.07. The monoisotopic (exact) mass is 328 g/mol. The average molecular weight is 328 g/mol. The fourth-order valence-electron chi connectivity index (χ4n) is 2.33. The normalized spacial score (nSPS) is 10.3. The number of halogens is 1. The van der Waals surface area contributed by atoms with Gasteiger partial charge in [-0.3, -0.25) is 9.59 Å². The number of amides is 2. The number of anilines is 1. The van der Waals surface area contributed by atoms with Gasteiger partial charge in [0.05, 0.1) is 0 Å². The van der Waals surface area contributed by atoms with E-state index in [-0.39, 0.29) is 30.6 Å². The fourth-order valence-corrected chi connectivity index (χ4v) is 2.33. The Balaban J connectivity index is 1.79. The number of carbonyl (C=O) groups excluding carboxylic acids is 2. The first-order chi connectivity index (χ1) is 11.5. The van der Waals surface area contributed by atoms with Crippen LogP contribution in [0.25, 0.3) is 0 Å². The van der Waals surface area contributed by atoms with Crippen molar-refractivity contribution in [1.29, 1.82) is 0 Å². The summed E-state index contributed by atoms with van der Waals surface area (Å²) in [6.07, 6.45) is 0.127. The maximum atomic E-state index is 13.5. The van der Waals surface area contributed by atoms with Crippen molar-refractivity contribution in [3.63, 3.8) is 0 Å². The van der Waals surface area contributed by atoms with Gasteiger partial charge in [-0.05, 0) is 49.1 Å². The highest BCUT2D eigenvalue weighted by Gasteiger charge is 2.11. The molecule has 0 aliphatic heterocycles. The third-order valence-electron chi connectivity index (χ3n) is 3.87. The van der Waals surface area contributed by atoms with Gasteiger partial charge < -0.3 is 10.6 Å². The topological polar surface area (TPSA) is 58.2 Å². The van der Waals surface area contributed by atoms with E-state index in [9.17, 15) is 14.0 Å². The highest BCUT2D eigenvalue weighted by Crippen LogP contribution is 2.18. The lowest BCUT2D eigenvalue weighted by Crippen LogP contribution is -2.30. The van der Waals surface area contributed by atoms with Gasteiger partial charge in [-0.1, -0.05) is 30.3 Å². The van der Waals surface area contributed by atoms with Crippen molar-refractivity contribution in [2.75, 3.05) is 11.9 Å². The summed E-state index contributed by atoms with van der Waals surface area (Å²) in [5.74, 6) is -1.04. The molecule has 4 nitrogen and oxygen atoms in total. The van der Waals surface area contributed by atoms with Crippen molar-refractivity contribution in [2.24, 2.45) is 0 Å². The van der Waals surface area contributed by atoms with Crippen LogP contribution in [0.3, 0.4) is 0 Å². The van der Waals surface area contributed by atoms with Gasteiger partial charge >= 0.3 is 0 Å². The number of nitrogens with one attached hydrogen (secondary N) is 2. The van der Waals surface area contributed by atoms with Gasteiger partial charge in [0.2, 0.25) is 11.8 Å². The van der Waals surface area contributed by atoms with Crippen molar-refractivity contribution in [3.8, 4) is 0 Å². The molecule has 2 rings (SSSR count). The second-order valence-corrected chi connectivity index (χ2v) is 5.66. The Morgan fingerprint density at radius 3 is 2.50 bits per heavy atom. The number of carbonyl (C=O) groups is 2. The zero-order valence-electron chi connectivity index (χ0n) is 13.9. The van der Waals surface area contributed by atoms with E-state index in [4.69, 9.17) is 0 Å². The van der Waals surface area contributed by atoms with Crippen LogP contribution in [0.4, 0.5) is 10.1 Å². The van der Waals surface area contributed by atoms with Crippen molar-refractivity contribution in [1.82, 2.24) is 5.32 Å². The second-order valence-electron chi connectivity index (χ2n) is 5.66. The second kappa shape index (κ2) is 8.24. The van der Waals surface area contributed by atoms with E-state index < -0.39 is 0 Å². The maximum Gasteiger partial charge on any atom is 0.233 e. The van der Waals surface area contributed by atoms with Crippen LogP contribution < -0.4 is 10.6 Å². The molecule has 126 valence electrons. The molecule has 0 heterocycles. The standard InChI is InChI=1S/C19H21FN2O2/c1-13-6-5-9-17(14(13)2)22-19(24)12-18(23)21-11-10-15-7-3-4-8-16(15)20/h3-9H,10-12H2,1-2H3,(H,21,23)(H,22,24). The highest BCUT2D eigenvalue weighted by atomic mass is 19.1. The Bertz CT molecular complexity index is 744. The van der Waals surface area contributed by atoms with Gasteiger partial charge in [-0.15, -0.1) is 0 Å². The number of hydrogen-bond acceptors (Lipinski definition) is 2. The van der Waals surface area contributed by atoms with E-state index in [1.807, 2.05) is 26.0 Å². The fraction of sp³-hybridized carbons (Fsp3) is 0.263. The van der Waals surface area contributed by atoms with Crippen LogP contribution in [0.2, 0.25) is 0 Å². The van der Waals surface area contributed by atoms with E-state index in [2.05, 4.69) is 10.6 Å². The molecule has 0 unspecified atom stereocenters. The van der Waals surface area contributed by atoms with Crippen LogP contribution >= 0.6 is 0 Å². The number of benzene rings is 2. The summed E-state index contributed by atoms with van der Waals surface area (Å²) >= 11 is 0. The quantitative estimate of drug-likeness (QED) is 0.801. The molecule has 0 fully saturated rings.